The smallest absolute Gasteiger partial charge is 0.0548 e. The van der Waals surface area contributed by atoms with Crippen LogP contribution in [0.3, 0.4) is 0 Å². The maximum Gasteiger partial charge on any atom is 0.0548 e. The first-order chi connectivity index (χ1) is 24.8. The Hall–Kier alpha value is -6.64. The number of fused-ring (bicyclic) bond motifs is 7. The number of aromatic nitrogens is 2. The van der Waals surface area contributed by atoms with E-state index in [0.29, 0.717) is 0 Å². The summed E-state index contributed by atoms with van der Waals surface area (Å²) in [6.45, 7) is 0. The molecule has 234 valence electrons. The summed E-state index contributed by atoms with van der Waals surface area (Å²) in [6.07, 6.45) is 0. The maximum atomic E-state index is 2.46. The lowest BCUT2D eigenvalue weighted by Crippen LogP contribution is -1.95. The third kappa shape index (κ3) is 4.50. The Kier molecular flexibility index (Phi) is 6.53. The van der Waals surface area contributed by atoms with E-state index in [9.17, 15) is 0 Å². The highest BCUT2D eigenvalue weighted by Gasteiger charge is 2.21. The lowest BCUT2D eigenvalue weighted by atomic mass is 9.99. The van der Waals surface area contributed by atoms with E-state index in [2.05, 4.69) is 203 Å². The Morgan fingerprint density at radius 2 is 0.680 bits per heavy atom. The molecular formula is C48H32N2. The van der Waals surface area contributed by atoms with Crippen molar-refractivity contribution in [2.24, 2.45) is 0 Å². The highest BCUT2D eigenvalue weighted by Crippen LogP contribution is 2.43. The monoisotopic (exact) mass is 636 g/mol. The predicted molar refractivity (Wildman–Crippen MR) is 211 cm³/mol. The highest BCUT2D eigenvalue weighted by molar-refractivity contribution is 6.29. The number of para-hydroxylation sites is 2. The summed E-state index contributed by atoms with van der Waals surface area (Å²) in [4.78, 5) is 0. The molecule has 0 unspecified atom stereocenters. The fourth-order valence-corrected chi connectivity index (χ4v) is 7.85. The molecule has 0 bridgehead atoms. The average molecular weight is 637 g/mol. The maximum absolute atomic E-state index is 2.46. The van der Waals surface area contributed by atoms with Crippen LogP contribution >= 0.6 is 0 Å². The van der Waals surface area contributed by atoms with Gasteiger partial charge in [-0.3, -0.25) is 0 Å². The minimum absolute atomic E-state index is 1.14. The van der Waals surface area contributed by atoms with Gasteiger partial charge in [0, 0.05) is 32.9 Å². The summed E-state index contributed by atoms with van der Waals surface area (Å²) < 4.78 is 4.87. The zero-order valence-corrected chi connectivity index (χ0v) is 27.4. The predicted octanol–water partition coefficient (Wildman–Crippen LogP) is 12.9. The number of benzene rings is 8. The van der Waals surface area contributed by atoms with E-state index in [1.807, 2.05) is 0 Å². The zero-order chi connectivity index (χ0) is 33.0. The van der Waals surface area contributed by atoms with Crippen molar-refractivity contribution in [2.75, 3.05) is 0 Å². The summed E-state index contributed by atoms with van der Waals surface area (Å²) in [5.74, 6) is 0. The van der Waals surface area contributed by atoms with Gasteiger partial charge in [0.15, 0.2) is 0 Å². The van der Waals surface area contributed by atoms with Crippen LogP contribution in [0.5, 0.6) is 0 Å². The first kappa shape index (κ1) is 28.4. The first-order valence-corrected chi connectivity index (χ1v) is 17.2. The first-order valence-electron chi connectivity index (χ1n) is 17.2. The largest absolute Gasteiger partial charge is 0.309 e. The van der Waals surface area contributed by atoms with Crippen molar-refractivity contribution in [3.63, 3.8) is 0 Å². The second-order valence-electron chi connectivity index (χ2n) is 13.0. The fraction of sp³-hybridized carbons (Fsp3) is 0. The van der Waals surface area contributed by atoms with E-state index in [1.54, 1.807) is 0 Å². The molecule has 0 aliphatic heterocycles. The van der Waals surface area contributed by atoms with Crippen LogP contribution in [0.15, 0.2) is 194 Å². The second-order valence-corrected chi connectivity index (χ2v) is 13.0. The van der Waals surface area contributed by atoms with Crippen LogP contribution in [-0.2, 0) is 0 Å². The van der Waals surface area contributed by atoms with Gasteiger partial charge in [0.1, 0.15) is 0 Å². The van der Waals surface area contributed by atoms with Crippen LogP contribution in [0.4, 0.5) is 0 Å². The van der Waals surface area contributed by atoms with E-state index >= 15 is 0 Å². The van der Waals surface area contributed by atoms with E-state index in [0.717, 1.165) is 11.4 Å². The molecule has 0 atom stereocenters. The molecule has 2 heteroatoms. The third-order valence-electron chi connectivity index (χ3n) is 10.1. The van der Waals surface area contributed by atoms with Crippen LogP contribution in [0, 0.1) is 0 Å². The lowest BCUT2D eigenvalue weighted by molar-refractivity contribution is 1.17. The number of rotatable bonds is 5. The summed E-state index contributed by atoms with van der Waals surface area (Å²) in [6, 6.07) is 70.3. The van der Waals surface area contributed by atoms with Crippen molar-refractivity contribution in [1.29, 1.82) is 0 Å². The van der Waals surface area contributed by atoms with Gasteiger partial charge in [0.05, 0.1) is 22.1 Å². The van der Waals surface area contributed by atoms with Gasteiger partial charge in [0.25, 0.3) is 0 Å². The molecule has 2 aromatic heterocycles. The van der Waals surface area contributed by atoms with Crippen LogP contribution in [0.25, 0.3) is 88.4 Å². The number of nitrogens with zero attached hydrogens (tertiary/aromatic N) is 2. The minimum atomic E-state index is 1.14. The van der Waals surface area contributed by atoms with E-state index < -0.39 is 0 Å². The molecule has 10 rings (SSSR count). The molecule has 0 amide bonds. The van der Waals surface area contributed by atoms with Gasteiger partial charge in [-0.2, -0.15) is 0 Å². The SMILES string of the molecule is c1ccc(-c2cccc(-c3cccc(-n4c5ccc(-c6ccccc6)cc5c5c6c7ccccc7n(-c7ccccc7)c6ccc54)c3)c2)cc1. The molecule has 0 saturated carbocycles. The molecule has 10 aromatic rings. The summed E-state index contributed by atoms with van der Waals surface area (Å²) in [5, 5.41) is 5.06. The Bertz CT molecular complexity index is 2840. The van der Waals surface area contributed by atoms with Crippen molar-refractivity contribution >= 4 is 43.6 Å². The molecule has 2 nitrogen and oxygen atoms in total. The van der Waals surface area contributed by atoms with Gasteiger partial charge < -0.3 is 9.13 Å². The molecule has 0 aliphatic carbocycles. The van der Waals surface area contributed by atoms with Crippen LogP contribution in [0.1, 0.15) is 0 Å². The van der Waals surface area contributed by atoms with Gasteiger partial charge in [0.2, 0.25) is 0 Å². The molecule has 0 aliphatic rings. The molecule has 0 radical (unpaired) electrons. The van der Waals surface area contributed by atoms with Crippen LogP contribution < -0.4 is 0 Å². The third-order valence-corrected chi connectivity index (χ3v) is 10.1. The lowest BCUT2D eigenvalue weighted by Gasteiger charge is -2.12. The van der Waals surface area contributed by atoms with E-state index in [4.69, 9.17) is 0 Å². The summed E-state index contributed by atoms with van der Waals surface area (Å²) in [5.41, 5.74) is 14.4. The molecule has 0 N–H and O–H groups in total. The van der Waals surface area contributed by atoms with Crippen molar-refractivity contribution in [2.45, 2.75) is 0 Å². The zero-order valence-electron chi connectivity index (χ0n) is 27.4. The Labute approximate surface area is 290 Å². The second kappa shape index (κ2) is 11.5. The van der Waals surface area contributed by atoms with Crippen molar-refractivity contribution in [1.82, 2.24) is 9.13 Å². The van der Waals surface area contributed by atoms with Gasteiger partial charge in [-0.05, 0) is 94.0 Å². The van der Waals surface area contributed by atoms with Crippen molar-refractivity contribution in [3.05, 3.63) is 194 Å². The summed E-state index contributed by atoms with van der Waals surface area (Å²) in [7, 11) is 0. The molecule has 8 aromatic carbocycles. The number of hydrogen-bond acceptors (Lipinski definition) is 0. The topological polar surface area (TPSA) is 9.86 Å². The molecular weight excluding hydrogens is 605 g/mol. The summed E-state index contributed by atoms with van der Waals surface area (Å²) >= 11 is 0. The van der Waals surface area contributed by atoms with Crippen LogP contribution in [-0.4, -0.2) is 9.13 Å². The van der Waals surface area contributed by atoms with Gasteiger partial charge in [-0.1, -0.05) is 133 Å². The highest BCUT2D eigenvalue weighted by atomic mass is 15.0. The number of hydrogen-bond donors (Lipinski definition) is 0. The van der Waals surface area contributed by atoms with Gasteiger partial charge >= 0.3 is 0 Å². The normalized spacial score (nSPS) is 11.6. The minimum Gasteiger partial charge on any atom is -0.309 e. The molecule has 0 spiro atoms. The van der Waals surface area contributed by atoms with Gasteiger partial charge in [-0.15, -0.1) is 0 Å². The van der Waals surface area contributed by atoms with Crippen molar-refractivity contribution < 1.29 is 0 Å². The standard InChI is InChI=1S/C48H32N2/c1-4-14-33(15-5-1)35-18-12-19-36(30-35)37-20-13-23-40(31-37)50-44-27-26-38(34-16-6-2-7-17-34)32-42(44)48-46(50)29-28-45-47(48)41-24-10-11-25-43(41)49(45)39-21-8-3-9-22-39/h1-32H. The molecule has 0 fully saturated rings. The Morgan fingerprint density at radius 3 is 1.38 bits per heavy atom. The Balaban J connectivity index is 1.26. The fourth-order valence-electron chi connectivity index (χ4n) is 7.85. The van der Waals surface area contributed by atoms with Crippen LogP contribution in [0.2, 0.25) is 0 Å². The molecule has 0 saturated heterocycles. The average Bonchev–Trinajstić information content (AvgIpc) is 3.71. The molecule has 50 heavy (non-hydrogen) atoms. The molecule has 2 heterocycles. The van der Waals surface area contributed by atoms with E-state index in [1.165, 1.54) is 77.0 Å². The Morgan fingerprint density at radius 1 is 0.240 bits per heavy atom. The van der Waals surface area contributed by atoms with E-state index in [-0.39, 0.29) is 0 Å². The van der Waals surface area contributed by atoms with Gasteiger partial charge in [-0.25, -0.2) is 0 Å². The quantitative estimate of drug-likeness (QED) is 0.178. The van der Waals surface area contributed by atoms with Crippen molar-refractivity contribution in [3.8, 4) is 44.8 Å².